The van der Waals surface area contributed by atoms with E-state index in [2.05, 4.69) is 12.2 Å². The molecule has 0 saturated heterocycles. The molecule has 0 aromatic rings. The molecule has 0 aliphatic carbocycles. The van der Waals surface area contributed by atoms with E-state index in [0.29, 0.717) is 19.1 Å². The van der Waals surface area contributed by atoms with Crippen LogP contribution in [0, 0.1) is 0 Å². The first-order chi connectivity index (χ1) is 6.85. The van der Waals surface area contributed by atoms with Gasteiger partial charge in [0, 0.05) is 19.1 Å². The molecule has 5 heteroatoms. The van der Waals surface area contributed by atoms with Crippen molar-refractivity contribution in [2.75, 3.05) is 26.7 Å². The van der Waals surface area contributed by atoms with Crippen LogP contribution < -0.4 is 5.32 Å². The SMILES string of the molecule is CCCC(C)NCCN(C)CC(F)(F)F. The van der Waals surface area contributed by atoms with Gasteiger partial charge >= 0.3 is 6.18 Å². The molecule has 1 atom stereocenters. The number of nitrogens with zero attached hydrogens (tertiary/aromatic N) is 1. The lowest BCUT2D eigenvalue weighted by atomic mass is 10.2. The summed E-state index contributed by atoms with van der Waals surface area (Å²) in [5.74, 6) is 0. The van der Waals surface area contributed by atoms with Crippen molar-refractivity contribution in [2.45, 2.75) is 38.9 Å². The van der Waals surface area contributed by atoms with Crippen molar-refractivity contribution in [3.05, 3.63) is 0 Å². The molecule has 2 nitrogen and oxygen atoms in total. The van der Waals surface area contributed by atoms with Crippen molar-refractivity contribution in [1.82, 2.24) is 10.2 Å². The highest BCUT2D eigenvalue weighted by molar-refractivity contribution is 4.63. The van der Waals surface area contributed by atoms with Crippen LogP contribution in [0.3, 0.4) is 0 Å². The van der Waals surface area contributed by atoms with Crippen LogP contribution in [0.4, 0.5) is 13.2 Å². The van der Waals surface area contributed by atoms with Crippen LogP contribution in [0.2, 0.25) is 0 Å². The Balaban J connectivity index is 3.50. The van der Waals surface area contributed by atoms with E-state index in [1.54, 1.807) is 0 Å². The largest absolute Gasteiger partial charge is 0.401 e. The van der Waals surface area contributed by atoms with Gasteiger partial charge < -0.3 is 5.32 Å². The maximum Gasteiger partial charge on any atom is 0.401 e. The molecule has 1 unspecified atom stereocenters. The van der Waals surface area contributed by atoms with E-state index in [1.807, 2.05) is 6.92 Å². The Kier molecular flexibility index (Phi) is 6.92. The van der Waals surface area contributed by atoms with E-state index >= 15 is 0 Å². The third-order valence-electron chi connectivity index (χ3n) is 2.16. The molecule has 0 rings (SSSR count). The number of halogens is 3. The van der Waals surface area contributed by atoms with E-state index in [1.165, 1.54) is 11.9 Å². The summed E-state index contributed by atoms with van der Waals surface area (Å²) in [4.78, 5) is 1.28. The smallest absolute Gasteiger partial charge is 0.313 e. The number of rotatable bonds is 7. The van der Waals surface area contributed by atoms with Crippen molar-refractivity contribution in [3.8, 4) is 0 Å². The summed E-state index contributed by atoms with van der Waals surface area (Å²) in [6.07, 6.45) is -1.95. The van der Waals surface area contributed by atoms with Gasteiger partial charge in [0.2, 0.25) is 0 Å². The standard InChI is InChI=1S/C10H21F3N2/c1-4-5-9(2)14-6-7-15(3)8-10(11,12)13/h9,14H,4-8H2,1-3H3. The minimum absolute atomic E-state index is 0.384. The second kappa shape index (κ2) is 7.06. The Bertz CT molecular complexity index is 159. The number of alkyl halides is 3. The lowest BCUT2D eigenvalue weighted by molar-refractivity contribution is -0.142. The fraction of sp³-hybridized carbons (Fsp3) is 1.00. The monoisotopic (exact) mass is 226 g/mol. The Morgan fingerprint density at radius 2 is 1.93 bits per heavy atom. The molecule has 0 spiro atoms. The molecule has 0 radical (unpaired) electrons. The fourth-order valence-electron chi connectivity index (χ4n) is 1.42. The van der Waals surface area contributed by atoms with Crippen LogP contribution in [0.15, 0.2) is 0 Å². The Morgan fingerprint density at radius 1 is 1.33 bits per heavy atom. The van der Waals surface area contributed by atoms with Gasteiger partial charge in [0.25, 0.3) is 0 Å². The van der Waals surface area contributed by atoms with Crippen molar-refractivity contribution >= 4 is 0 Å². The summed E-state index contributed by atoms with van der Waals surface area (Å²) in [6.45, 7) is 4.33. The van der Waals surface area contributed by atoms with Gasteiger partial charge in [0.15, 0.2) is 0 Å². The first kappa shape index (κ1) is 14.7. The van der Waals surface area contributed by atoms with E-state index in [0.717, 1.165) is 12.8 Å². The summed E-state index contributed by atoms with van der Waals surface area (Å²) in [6, 6.07) is 0.384. The molecule has 0 heterocycles. The average molecular weight is 226 g/mol. The third kappa shape index (κ3) is 10.0. The maximum atomic E-state index is 12.0. The predicted octanol–water partition coefficient (Wildman–Crippen LogP) is 2.26. The zero-order chi connectivity index (χ0) is 11.9. The molecule has 0 aliphatic heterocycles. The highest BCUT2D eigenvalue weighted by Crippen LogP contribution is 2.14. The van der Waals surface area contributed by atoms with E-state index in [-0.39, 0.29) is 0 Å². The molecule has 15 heavy (non-hydrogen) atoms. The Labute approximate surface area is 89.8 Å². The van der Waals surface area contributed by atoms with Gasteiger partial charge in [0.1, 0.15) is 0 Å². The summed E-state index contributed by atoms with van der Waals surface area (Å²) in [7, 11) is 1.49. The molecule has 0 amide bonds. The van der Waals surface area contributed by atoms with Crippen LogP contribution in [0.5, 0.6) is 0 Å². The van der Waals surface area contributed by atoms with Gasteiger partial charge in [-0.15, -0.1) is 0 Å². The van der Waals surface area contributed by atoms with Gasteiger partial charge in [-0.2, -0.15) is 13.2 Å². The summed E-state index contributed by atoms with van der Waals surface area (Å²) in [5.41, 5.74) is 0. The second-order valence-corrected chi connectivity index (χ2v) is 4.00. The van der Waals surface area contributed by atoms with Crippen molar-refractivity contribution < 1.29 is 13.2 Å². The van der Waals surface area contributed by atoms with E-state index < -0.39 is 12.7 Å². The first-order valence-corrected chi connectivity index (χ1v) is 5.34. The Hall–Kier alpha value is -0.290. The molecule has 0 aromatic carbocycles. The molecular weight excluding hydrogens is 205 g/mol. The minimum Gasteiger partial charge on any atom is -0.313 e. The number of hydrogen-bond acceptors (Lipinski definition) is 2. The quantitative estimate of drug-likeness (QED) is 0.716. The molecule has 0 aliphatic rings. The second-order valence-electron chi connectivity index (χ2n) is 4.00. The normalized spacial score (nSPS) is 14.6. The summed E-state index contributed by atoms with van der Waals surface area (Å²) in [5, 5.41) is 3.19. The topological polar surface area (TPSA) is 15.3 Å². The fourth-order valence-corrected chi connectivity index (χ4v) is 1.42. The predicted molar refractivity (Wildman–Crippen MR) is 55.9 cm³/mol. The van der Waals surface area contributed by atoms with E-state index in [4.69, 9.17) is 0 Å². The van der Waals surface area contributed by atoms with E-state index in [9.17, 15) is 13.2 Å². The lowest BCUT2D eigenvalue weighted by Crippen LogP contribution is -2.38. The van der Waals surface area contributed by atoms with Crippen LogP contribution in [-0.4, -0.2) is 43.8 Å². The highest BCUT2D eigenvalue weighted by Gasteiger charge is 2.28. The average Bonchev–Trinajstić information content (AvgIpc) is 2.00. The van der Waals surface area contributed by atoms with Gasteiger partial charge in [-0.3, -0.25) is 4.90 Å². The molecule has 92 valence electrons. The highest BCUT2D eigenvalue weighted by atomic mass is 19.4. The number of likely N-dealkylation sites (N-methyl/N-ethyl adjacent to an activating group) is 1. The zero-order valence-electron chi connectivity index (χ0n) is 9.69. The first-order valence-electron chi connectivity index (χ1n) is 5.34. The number of hydrogen-bond donors (Lipinski definition) is 1. The third-order valence-corrected chi connectivity index (χ3v) is 2.16. The zero-order valence-corrected chi connectivity index (χ0v) is 9.69. The van der Waals surface area contributed by atoms with Crippen molar-refractivity contribution in [1.29, 1.82) is 0 Å². The molecular formula is C10H21F3N2. The van der Waals surface area contributed by atoms with Gasteiger partial charge in [-0.1, -0.05) is 13.3 Å². The maximum absolute atomic E-state index is 12.0. The summed E-state index contributed by atoms with van der Waals surface area (Å²) < 4.78 is 35.9. The van der Waals surface area contributed by atoms with Crippen molar-refractivity contribution in [3.63, 3.8) is 0 Å². The minimum atomic E-state index is -4.09. The van der Waals surface area contributed by atoms with Gasteiger partial charge in [-0.05, 0) is 20.4 Å². The van der Waals surface area contributed by atoms with Crippen LogP contribution in [0.1, 0.15) is 26.7 Å². The Morgan fingerprint density at radius 3 is 2.40 bits per heavy atom. The molecule has 0 saturated carbocycles. The lowest BCUT2D eigenvalue weighted by Gasteiger charge is -2.20. The summed E-state index contributed by atoms with van der Waals surface area (Å²) >= 11 is 0. The molecule has 0 aromatic heterocycles. The molecule has 0 bridgehead atoms. The van der Waals surface area contributed by atoms with Gasteiger partial charge in [0.05, 0.1) is 6.54 Å². The van der Waals surface area contributed by atoms with Crippen molar-refractivity contribution in [2.24, 2.45) is 0 Å². The molecule has 1 N–H and O–H groups in total. The van der Waals surface area contributed by atoms with Crippen LogP contribution in [-0.2, 0) is 0 Å². The number of nitrogens with one attached hydrogen (secondary N) is 1. The molecule has 0 fully saturated rings. The van der Waals surface area contributed by atoms with Crippen LogP contribution in [0.25, 0.3) is 0 Å². The van der Waals surface area contributed by atoms with Crippen LogP contribution >= 0.6 is 0 Å². The van der Waals surface area contributed by atoms with Gasteiger partial charge in [-0.25, -0.2) is 0 Å².